The number of amides is 1. The molecular formula is C26H17NO5S. The number of benzene rings is 3. The Balaban J connectivity index is 1.57. The molecule has 0 unspecified atom stereocenters. The van der Waals surface area contributed by atoms with E-state index < -0.39 is 17.5 Å². The first kappa shape index (κ1) is 20.7. The van der Waals surface area contributed by atoms with Gasteiger partial charge in [0.2, 0.25) is 0 Å². The third-order valence-corrected chi connectivity index (χ3v) is 6.46. The SMILES string of the molecule is COC(=O)c1sc(-c2ccccc2)cc1NC(=O)c1cc2c(ccc3ccccc32)oc1=O. The fourth-order valence-corrected chi connectivity index (χ4v) is 4.73. The first-order valence-electron chi connectivity index (χ1n) is 10.1. The van der Waals surface area contributed by atoms with Crippen molar-refractivity contribution in [1.29, 1.82) is 0 Å². The molecule has 2 heterocycles. The Bertz CT molecular complexity index is 1580. The Morgan fingerprint density at radius 1 is 0.909 bits per heavy atom. The van der Waals surface area contributed by atoms with Crippen LogP contribution in [0.3, 0.4) is 0 Å². The highest BCUT2D eigenvalue weighted by molar-refractivity contribution is 7.18. The van der Waals surface area contributed by atoms with E-state index >= 15 is 0 Å². The molecular weight excluding hydrogens is 438 g/mol. The normalized spacial score (nSPS) is 10.9. The summed E-state index contributed by atoms with van der Waals surface area (Å²) in [5.74, 6) is -1.24. The predicted molar refractivity (Wildman–Crippen MR) is 129 cm³/mol. The number of methoxy groups -OCH3 is 1. The van der Waals surface area contributed by atoms with Gasteiger partial charge in [-0.05, 0) is 34.5 Å². The number of thiophene rings is 1. The summed E-state index contributed by atoms with van der Waals surface area (Å²) in [6.45, 7) is 0. The number of anilines is 1. The van der Waals surface area contributed by atoms with Crippen LogP contribution in [0.4, 0.5) is 5.69 Å². The minimum absolute atomic E-state index is 0.151. The number of hydrogen-bond acceptors (Lipinski definition) is 6. The number of ether oxygens (including phenoxy) is 1. The maximum absolute atomic E-state index is 13.1. The summed E-state index contributed by atoms with van der Waals surface area (Å²) in [5, 5.41) is 5.18. The largest absolute Gasteiger partial charge is 0.465 e. The summed E-state index contributed by atoms with van der Waals surface area (Å²) >= 11 is 1.20. The maximum atomic E-state index is 13.1. The number of fused-ring (bicyclic) bond motifs is 3. The van der Waals surface area contributed by atoms with E-state index in [1.165, 1.54) is 24.5 Å². The van der Waals surface area contributed by atoms with Crippen LogP contribution in [-0.4, -0.2) is 19.0 Å². The van der Waals surface area contributed by atoms with E-state index in [9.17, 15) is 14.4 Å². The topological polar surface area (TPSA) is 85.6 Å². The van der Waals surface area contributed by atoms with Crippen molar-refractivity contribution in [1.82, 2.24) is 0 Å². The summed E-state index contributed by atoms with van der Waals surface area (Å²) in [7, 11) is 1.28. The zero-order chi connectivity index (χ0) is 22.9. The summed E-state index contributed by atoms with van der Waals surface area (Å²) in [4.78, 5) is 39.0. The third-order valence-electron chi connectivity index (χ3n) is 5.30. The Kier molecular flexibility index (Phi) is 5.24. The second kappa shape index (κ2) is 8.37. The Labute approximate surface area is 192 Å². The number of nitrogens with one attached hydrogen (secondary N) is 1. The second-order valence-electron chi connectivity index (χ2n) is 7.31. The van der Waals surface area contributed by atoms with Crippen molar-refractivity contribution in [3.8, 4) is 10.4 Å². The predicted octanol–water partition coefficient (Wildman–Crippen LogP) is 5.71. The lowest BCUT2D eigenvalue weighted by atomic mass is 10.0. The van der Waals surface area contributed by atoms with Gasteiger partial charge >= 0.3 is 11.6 Å². The van der Waals surface area contributed by atoms with Crippen LogP contribution in [0.25, 0.3) is 32.2 Å². The highest BCUT2D eigenvalue weighted by Crippen LogP contribution is 2.35. The van der Waals surface area contributed by atoms with Crippen molar-refractivity contribution >= 4 is 50.6 Å². The average Bonchev–Trinajstić information content (AvgIpc) is 3.27. The number of hydrogen-bond donors (Lipinski definition) is 1. The first-order valence-corrected chi connectivity index (χ1v) is 10.9. The number of esters is 1. The van der Waals surface area contributed by atoms with Gasteiger partial charge in [-0.25, -0.2) is 9.59 Å². The van der Waals surface area contributed by atoms with Crippen molar-refractivity contribution in [2.75, 3.05) is 12.4 Å². The molecule has 33 heavy (non-hydrogen) atoms. The highest BCUT2D eigenvalue weighted by Gasteiger charge is 2.22. The average molecular weight is 455 g/mol. The lowest BCUT2D eigenvalue weighted by molar-refractivity contribution is 0.0607. The molecule has 0 aliphatic carbocycles. The molecule has 0 fully saturated rings. The minimum atomic E-state index is -0.756. The molecule has 6 nitrogen and oxygen atoms in total. The molecule has 0 aliphatic rings. The van der Waals surface area contributed by atoms with Crippen LogP contribution in [0.1, 0.15) is 20.0 Å². The summed E-state index contributed by atoms with van der Waals surface area (Å²) in [5.41, 5.74) is 0.654. The quantitative estimate of drug-likeness (QED) is 0.213. The van der Waals surface area contributed by atoms with Crippen LogP contribution in [-0.2, 0) is 4.74 Å². The van der Waals surface area contributed by atoms with Crippen molar-refractivity contribution in [2.24, 2.45) is 0 Å². The highest BCUT2D eigenvalue weighted by atomic mass is 32.1. The van der Waals surface area contributed by atoms with Gasteiger partial charge in [0, 0.05) is 10.3 Å². The molecule has 5 aromatic rings. The fourth-order valence-electron chi connectivity index (χ4n) is 3.69. The Morgan fingerprint density at radius 3 is 2.45 bits per heavy atom. The third kappa shape index (κ3) is 3.79. The molecule has 0 saturated carbocycles. The molecule has 0 spiro atoms. The standard InChI is InChI=1S/C26H17NO5S/c1-31-26(30)23-20(14-22(33-23)16-8-3-2-4-9-16)27-24(28)19-13-18-17-10-6-5-7-15(17)11-12-21(18)32-25(19)29/h2-14H,1H3,(H,27,28). The molecule has 0 radical (unpaired) electrons. The van der Waals surface area contributed by atoms with E-state index in [0.29, 0.717) is 11.0 Å². The van der Waals surface area contributed by atoms with E-state index in [0.717, 1.165) is 21.2 Å². The molecule has 1 N–H and O–H groups in total. The van der Waals surface area contributed by atoms with Gasteiger partial charge in [-0.1, -0.05) is 60.7 Å². The van der Waals surface area contributed by atoms with Crippen LogP contribution in [0.2, 0.25) is 0 Å². The Hall–Kier alpha value is -4.23. The molecule has 162 valence electrons. The van der Waals surface area contributed by atoms with Crippen LogP contribution < -0.4 is 10.9 Å². The summed E-state index contributed by atoms with van der Waals surface area (Å²) < 4.78 is 10.3. The molecule has 0 atom stereocenters. The van der Waals surface area contributed by atoms with Crippen molar-refractivity contribution in [2.45, 2.75) is 0 Å². The molecule has 1 amide bonds. The summed E-state index contributed by atoms with van der Waals surface area (Å²) in [6, 6.07) is 23.9. The van der Waals surface area contributed by atoms with Gasteiger partial charge < -0.3 is 14.5 Å². The van der Waals surface area contributed by atoms with Gasteiger partial charge in [0.1, 0.15) is 16.0 Å². The monoisotopic (exact) mass is 455 g/mol. The van der Waals surface area contributed by atoms with Crippen molar-refractivity contribution < 1.29 is 18.7 Å². The molecule has 2 aromatic heterocycles. The maximum Gasteiger partial charge on any atom is 0.350 e. The fraction of sp³-hybridized carbons (Fsp3) is 0.0385. The number of carbonyl (C=O) groups excluding carboxylic acids is 2. The van der Waals surface area contributed by atoms with E-state index in [4.69, 9.17) is 9.15 Å². The molecule has 3 aromatic carbocycles. The van der Waals surface area contributed by atoms with Gasteiger partial charge in [-0.15, -0.1) is 11.3 Å². The Morgan fingerprint density at radius 2 is 1.67 bits per heavy atom. The molecule has 7 heteroatoms. The van der Waals surface area contributed by atoms with Gasteiger partial charge in [-0.2, -0.15) is 0 Å². The van der Waals surface area contributed by atoms with Crippen LogP contribution in [0.15, 0.2) is 88.1 Å². The molecule has 0 aliphatic heterocycles. The van der Waals surface area contributed by atoms with E-state index in [1.54, 1.807) is 12.1 Å². The van der Waals surface area contributed by atoms with E-state index in [1.807, 2.05) is 60.7 Å². The van der Waals surface area contributed by atoms with Crippen LogP contribution >= 0.6 is 11.3 Å². The second-order valence-corrected chi connectivity index (χ2v) is 8.36. The minimum Gasteiger partial charge on any atom is -0.465 e. The van der Waals surface area contributed by atoms with Crippen LogP contribution in [0, 0.1) is 0 Å². The van der Waals surface area contributed by atoms with Crippen molar-refractivity contribution in [3.05, 3.63) is 99.7 Å². The van der Waals surface area contributed by atoms with Gasteiger partial charge in [0.25, 0.3) is 5.91 Å². The first-order chi connectivity index (χ1) is 16.0. The zero-order valence-electron chi connectivity index (χ0n) is 17.5. The zero-order valence-corrected chi connectivity index (χ0v) is 18.3. The van der Waals surface area contributed by atoms with Gasteiger partial charge in [0.15, 0.2) is 0 Å². The molecule has 0 bridgehead atoms. The van der Waals surface area contributed by atoms with E-state index in [-0.39, 0.29) is 16.1 Å². The number of carbonyl (C=O) groups is 2. The smallest absolute Gasteiger partial charge is 0.350 e. The lowest BCUT2D eigenvalue weighted by Crippen LogP contribution is -2.21. The number of rotatable bonds is 4. The molecule has 0 saturated heterocycles. The van der Waals surface area contributed by atoms with Gasteiger partial charge in [-0.3, -0.25) is 4.79 Å². The van der Waals surface area contributed by atoms with Crippen LogP contribution in [0.5, 0.6) is 0 Å². The lowest BCUT2D eigenvalue weighted by Gasteiger charge is -2.07. The summed E-state index contributed by atoms with van der Waals surface area (Å²) in [6.07, 6.45) is 0. The molecule has 5 rings (SSSR count). The van der Waals surface area contributed by atoms with Crippen molar-refractivity contribution in [3.63, 3.8) is 0 Å². The van der Waals surface area contributed by atoms with Gasteiger partial charge in [0.05, 0.1) is 12.8 Å². The van der Waals surface area contributed by atoms with E-state index in [2.05, 4.69) is 5.32 Å².